The zero-order valence-electron chi connectivity index (χ0n) is 6.29. The minimum absolute atomic E-state index is 0.426. The van der Waals surface area contributed by atoms with Gasteiger partial charge in [0, 0.05) is 12.8 Å². The largest absolute Gasteiger partial charge is 0.461 e. The van der Waals surface area contributed by atoms with Crippen LogP contribution in [-0.2, 0) is 4.79 Å². The van der Waals surface area contributed by atoms with Crippen LogP contribution < -0.4 is 0 Å². The second-order valence-electron chi connectivity index (χ2n) is 2.20. The van der Waals surface area contributed by atoms with Crippen LogP contribution in [0.3, 0.4) is 0 Å². The van der Waals surface area contributed by atoms with Crippen LogP contribution in [0.1, 0.15) is 12.8 Å². The summed E-state index contributed by atoms with van der Waals surface area (Å²) in [5, 5.41) is 0. The molecule has 13 heavy (non-hydrogen) atoms. The van der Waals surface area contributed by atoms with Crippen molar-refractivity contribution in [1.82, 2.24) is 0 Å². The van der Waals surface area contributed by atoms with E-state index in [2.05, 4.69) is 6.42 Å². The van der Waals surface area contributed by atoms with E-state index in [1.54, 1.807) is 5.92 Å². The molecule has 0 fully saturated rings. The minimum atomic E-state index is -5.83. The lowest BCUT2D eigenvalue weighted by Crippen LogP contribution is -2.43. The van der Waals surface area contributed by atoms with Gasteiger partial charge in [-0.15, -0.1) is 12.3 Å². The molecule has 74 valence electrons. The molecule has 6 heteroatoms. The summed E-state index contributed by atoms with van der Waals surface area (Å²) in [5.74, 6) is -5.68. The summed E-state index contributed by atoms with van der Waals surface area (Å²) < 4.78 is 58.7. The molecule has 0 aliphatic heterocycles. The van der Waals surface area contributed by atoms with Crippen LogP contribution in [0, 0.1) is 12.3 Å². The molecule has 0 aliphatic carbocycles. The normalized spacial score (nSPS) is 12.3. The molecule has 0 heterocycles. The van der Waals surface area contributed by atoms with Crippen molar-refractivity contribution in [3.63, 3.8) is 0 Å². The number of carbonyl (C=O) groups excluding carboxylic acids is 1. The highest BCUT2D eigenvalue weighted by atomic mass is 19.4. The maximum atomic E-state index is 12.1. The van der Waals surface area contributed by atoms with Gasteiger partial charge in [0.1, 0.15) is 0 Å². The summed E-state index contributed by atoms with van der Waals surface area (Å²) in [4.78, 5) is 10.3. The van der Waals surface area contributed by atoms with Crippen molar-refractivity contribution < 1.29 is 26.7 Å². The van der Waals surface area contributed by atoms with Crippen molar-refractivity contribution in [3.8, 4) is 12.3 Å². The van der Waals surface area contributed by atoms with E-state index in [0.717, 1.165) is 0 Å². The molecule has 0 atom stereocenters. The molecule has 0 aromatic rings. The first-order valence-electron chi connectivity index (χ1n) is 3.14. The molecule has 0 N–H and O–H groups in total. The van der Waals surface area contributed by atoms with E-state index in [1.165, 1.54) is 0 Å². The van der Waals surface area contributed by atoms with Gasteiger partial charge in [-0.05, 0) is 0 Å². The lowest BCUT2D eigenvalue weighted by atomic mass is 10.1. The Hall–Kier alpha value is -1.12. The zero-order chi connectivity index (χ0) is 10.7. The molecule has 1 nitrogen and oxygen atoms in total. The van der Waals surface area contributed by atoms with Crippen molar-refractivity contribution in [2.45, 2.75) is 24.9 Å². The number of hydrogen-bond acceptors (Lipinski definition) is 1. The van der Waals surface area contributed by atoms with E-state index in [0.29, 0.717) is 0 Å². The van der Waals surface area contributed by atoms with Crippen molar-refractivity contribution in [3.05, 3.63) is 0 Å². The van der Waals surface area contributed by atoms with Crippen LogP contribution in [0.4, 0.5) is 22.0 Å². The van der Waals surface area contributed by atoms with Gasteiger partial charge in [-0.2, -0.15) is 22.0 Å². The second kappa shape index (κ2) is 3.73. The van der Waals surface area contributed by atoms with Gasteiger partial charge in [0.05, 0.1) is 0 Å². The SMILES string of the molecule is C#CCCC(=O)C(F)(F)C(F)(F)F. The van der Waals surface area contributed by atoms with Crippen LogP contribution in [0.2, 0.25) is 0 Å². The highest BCUT2D eigenvalue weighted by Gasteiger charge is 2.62. The van der Waals surface area contributed by atoms with Gasteiger partial charge < -0.3 is 0 Å². The number of Topliss-reactive ketones (excluding diaryl/α,β-unsaturated/α-hetero) is 1. The van der Waals surface area contributed by atoms with E-state index < -0.39 is 30.7 Å². The minimum Gasteiger partial charge on any atom is -0.293 e. The Morgan fingerprint density at radius 1 is 1.23 bits per heavy atom. The lowest BCUT2D eigenvalue weighted by molar-refractivity contribution is -0.268. The highest BCUT2D eigenvalue weighted by Crippen LogP contribution is 2.36. The standard InChI is InChI=1S/C7H5F5O/c1-2-3-4-5(13)6(8,9)7(10,11)12/h1H,3-4H2. The summed E-state index contributed by atoms with van der Waals surface area (Å²) >= 11 is 0. The topological polar surface area (TPSA) is 17.1 Å². The Kier molecular flexibility index (Phi) is 3.41. The number of terminal acetylenes is 1. The molecule has 0 aliphatic rings. The summed E-state index contributed by atoms with van der Waals surface area (Å²) in [5.41, 5.74) is 0. The zero-order valence-corrected chi connectivity index (χ0v) is 6.29. The summed E-state index contributed by atoms with van der Waals surface area (Å²) in [6.07, 6.45) is -2.63. The first-order chi connectivity index (χ1) is 5.73. The van der Waals surface area contributed by atoms with E-state index in [9.17, 15) is 26.7 Å². The van der Waals surface area contributed by atoms with Crippen molar-refractivity contribution in [1.29, 1.82) is 0 Å². The molecule has 0 bridgehead atoms. The highest BCUT2D eigenvalue weighted by molar-refractivity contribution is 5.86. The van der Waals surface area contributed by atoms with Crippen LogP contribution in [-0.4, -0.2) is 17.9 Å². The quantitative estimate of drug-likeness (QED) is 0.504. The number of carbonyl (C=O) groups is 1. The fourth-order valence-electron chi connectivity index (χ4n) is 0.501. The number of halogens is 5. The maximum absolute atomic E-state index is 12.1. The van der Waals surface area contributed by atoms with Crippen LogP contribution >= 0.6 is 0 Å². The van der Waals surface area contributed by atoms with Gasteiger partial charge in [0.15, 0.2) is 0 Å². The number of ketones is 1. The monoisotopic (exact) mass is 200 g/mol. The third-order valence-corrected chi connectivity index (χ3v) is 1.20. The van der Waals surface area contributed by atoms with Gasteiger partial charge in [0.2, 0.25) is 5.78 Å². The van der Waals surface area contributed by atoms with Crippen LogP contribution in [0.25, 0.3) is 0 Å². The van der Waals surface area contributed by atoms with Crippen LogP contribution in [0.5, 0.6) is 0 Å². The second-order valence-corrected chi connectivity index (χ2v) is 2.20. The lowest BCUT2D eigenvalue weighted by Gasteiger charge is -2.17. The third kappa shape index (κ3) is 2.68. The predicted molar refractivity (Wildman–Crippen MR) is 34.1 cm³/mol. The van der Waals surface area contributed by atoms with Crippen molar-refractivity contribution in [2.24, 2.45) is 0 Å². The number of rotatable bonds is 3. The van der Waals surface area contributed by atoms with Gasteiger partial charge in [-0.1, -0.05) is 0 Å². The Balaban J connectivity index is 4.48. The van der Waals surface area contributed by atoms with E-state index in [1.807, 2.05) is 0 Å². The molecule has 0 aromatic heterocycles. The fourth-order valence-corrected chi connectivity index (χ4v) is 0.501. The average molecular weight is 200 g/mol. The maximum Gasteiger partial charge on any atom is 0.461 e. The Bertz CT molecular complexity index is 234. The Morgan fingerprint density at radius 2 is 1.69 bits per heavy atom. The molecule has 0 radical (unpaired) electrons. The van der Waals surface area contributed by atoms with E-state index in [-0.39, 0.29) is 0 Å². The average Bonchev–Trinajstić information content (AvgIpc) is 1.97. The Labute approximate surface area is 70.9 Å². The predicted octanol–water partition coefficient (Wildman–Crippen LogP) is 2.17. The van der Waals surface area contributed by atoms with E-state index in [4.69, 9.17) is 0 Å². The smallest absolute Gasteiger partial charge is 0.293 e. The summed E-state index contributed by atoms with van der Waals surface area (Å²) in [6, 6.07) is 0. The molecule has 0 spiro atoms. The molecule has 0 rings (SSSR count). The molecule has 0 amide bonds. The third-order valence-electron chi connectivity index (χ3n) is 1.20. The van der Waals surface area contributed by atoms with Crippen molar-refractivity contribution in [2.75, 3.05) is 0 Å². The van der Waals surface area contributed by atoms with Crippen molar-refractivity contribution >= 4 is 5.78 Å². The molecule has 0 saturated carbocycles. The first-order valence-corrected chi connectivity index (χ1v) is 3.14. The summed E-state index contributed by atoms with van der Waals surface area (Å²) in [6.45, 7) is 0. The first kappa shape index (κ1) is 11.9. The molecular formula is C7H5F5O. The van der Waals surface area contributed by atoms with Gasteiger partial charge in [-0.3, -0.25) is 4.79 Å². The van der Waals surface area contributed by atoms with Gasteiger partial charge in [-0.25, -0.2) is 0 Å². The fraction of sp³-hybridized carbons (Fsp3) is 0.571. The molecule has 0 aromatic carbocycles. The molecular weight excluding hydrogens is 195 g/mol. The summed E-state index contributed by atoms with van der Waals surface area (Å²) in [7, 11) is 0. The van der Waals surface area contributed by atoms with Crippen LogP contribution in [0.15, 0.2) is 0 Å². The molecule has 0 unspecified atom stereocenters. The van der Waals surface area contributed by atoms with Gasteiger partial charge >= 0.3 is 12.1 Å². The number of alkyl halides is 5. The van der Waals surface area contributed by atoms with E-state index >= 15 is 0 Å². The number of hydrogen-bond donors (Lipinski definition) is 0. The molecule has 0 saturated heterocycles. The van der Waals surface area contributed by atoms with Gasteiger partial charge in [0.25, 0.3) is 0 Å². The Morgan fingerprint density at radius 3 is 2.00 bits per heavy atom.